The molecule has 2 N–H and O–H groups in total. The average Bonchev–Trinajstić information content (AvgIpc) is 3.53. The molecular formula is C21H23N3O9. The first-order valence-corrected chi connectivity index (χ1v) is 10.2. The van der Waals surface area contributed by atoms with Gasteiger partial charge in [0.25, 0.3) is 0 Å². The van der Waals surface area contributed by atoms with E-state index in [0.29, 0.717) is 53.9 Å². The molecule has 3 aliphatic heterocycles. The SMILES string of the molecule is COC(=O)c1cc(OC)c2c(c1-c1c(CN3CCOCC3)cc(OC)c3c1ONO3)ONO2. The van der Waals surface area contributed by atoms with Gasteiger partial charge in [0.2, 0.25) is 23.0 Å². The first-order chi connectivity index (χ1) is 16.2. The van der Waals surface area contributed by atoms with Crippen molar-refractivity contribution in [2.45, 2.75) is 6.54 Å². The maximum Gasteiger partial charge on any atom is 0.338 e. The molecule has 12 heteroatoms. The quantitative estimate of drug-likeness (QED) is 0.605. The van der Waals surface area contributed by atoms with Crippen LogP contribution in [0.5, 0.6) is 34.5 Å². The van der Waals surface area contributed by atoms with Crippen LogP contribution in [0.3, 0.4) is 0 Å². The highest BCUT2D eigenvalue weighted by Crippen LogP contribution is 2.56. The van der Waals surface area contributed by atoms with Gasteiger partial charge in [0.05, 0.1) is 40.1 Å². The predicted octanol–water partition coefficient (Wildman–Crippen LogP) is 1.37. The molecule has 0 atom stereocenters. The fraction of sp³-hybridized carbons (Fsp3) is 0.381. The number of hydrogen-bond acceptors (Lipinski definition) is 12. The smallest absolute Gasteiger partial charge is 0.338 e. The standard InChI is InChI=1S/C21H23N3O9/c1-26-13-8-11(10-24-4-6-29-7-5-24)15(19-17(13)30-22-32-19)16-12(21(25)28-3)9-14(27-2)18-20(16)33-23-31-18/h8-9,22-23H,4-7,10H2,1-3H3. The maximum absolute atomic E-state index is 12.9. The van der Waals surface area contributed by atoms with E-state index in [0.717, 1.165) is 18.7 Å². The third-order valence-corrected chi connectivity index (χ3v) is 5.65. The Morgan fingerprint density at radius 1 is 0.879 bits per heavy atom. The van der Waals surface area contributed by atoms with Gasteiger partial charge < -0.3 is 38.3 Å². The Hall–Kier alpha value is -3.45. The van der Waals surface area contributed by atoms with Crippen LogP contribution in [0.1, 0.15) is 15.9 Å². The summed E-state index contributed by atoms with van der Waals surface area (Å²) >= 11 is 0. The number of rotatable bonds is 6. The van der Waals surface area contributed by atoms with E-state index in [2.05, 4.69) is 16.2 Å². The van der Waals surface area contributed by atoms with Crippen molar-refractivity contribution >= 4 is 5.97 Å². The van der Waals surface area contributed by atoms with E-state index < -0.39 is 5.97 Å². The van der Waals surface area contributed by atoms with Gasteiger partial charge in [-0.25, -0.2) is 4.79 Å². The lowest BCUT2D eigenvalue weighted by molar-refractivity contribution is 0.0239. The molecule has 0 aliphatic carbocycles. The molecule has 2 aromatic rings. The van der Waals surface area contributed by atoms with Crippen molar-refractivity contribution in [3.63, 3.8) is 0 Å². The van der Waals surface area contributed by atoms with Crippen LogP contribution in [0.25, 0.3) is 11.1 Å². The lowest BCUT2D eigenvalue weighted by Gasteiger charge is -2.28. The van der Waals surface area contributed by atoms with E-state index in [4.69, 9.17) is 38.3 Å². The summed E-state index contributed by atoms with van der Waals surface area (Å²) in [6, 6.07) is 3.38. The topological polar surface area (TPSA) is 118 Å². The van der Waals surface area contributed by atoms with Crippen LogP contribution < -0.4 is 40.1 Å². The van der Waals surface area contributed by atoms with Crippen LogP contribution in [0, 0.1) is 0 Å². The second-order valence-corrected chi connectivity index (χ2v) is 7.39. The van der Waals surface area contributed by atoms with Gasteiger partial charge in [-0.15, -0.1) is 0 Å². The largest absolute Gasteiger partial charge is 0.493 e. The molecule has 0 bridgehead atoms. The van der Waals surface area contributed by atoms with Crippen molar-refractivity contribution in [2.24, 2.45) is 0 Å². The highest BCUT2D eigenvalue weighted by molar-refractivity contribution is 6.03. The summed E-state index contributed by atoms with van der Waals surface area (Å²) in [5.41, 5.74) is 6.77. The third kappa shape index (κ3) is 3.62. The average molecular weight is 461 g/mol. The summed E-state index contributed by atoms with van der Waals surface area (Å²) in [7, 11) is 4.31. The van der Waals surface area contributed by atoms with Crippen LogP contribution >= 0.6 is 0 Å². The highest BCUT2D eigenvalue weighted by atomic mass is 16.9. The Bertz CT molecular complexity index is 1090. The minimum absolute atomic E-state index is 0.200. The van der Waals surface area contributed by atoms with Crippen LogP contribution in [0.15, 0.2) is 12.1 Å². The van der Waals surface area contributed by atoms with Crippen molar-refractivity contribution in [1.29, 1.82) is 0 Å². The first-order valence-electron chi connectivity index (χ1n) is 10.2. The summed E-state index contributed by atoms with van der Waals surface area (Å²) < 4.78 is 21.5. The molecule has 1 saturated heterocycles. The molecule has 0 saturated carbocycles. The number of benzene rings is 2. The zero-order valence-electron chi connectivity index (χ0n) is 18.3. The molecule has 2 aromatic carbocycles. The lowest BCUT2D eigenvalue weighted by Crippen LogP contribution is -2.35. The van der Waals surface area contributed by atoms with Gasteiger partial charge in [0, 0.05) is 42.0 Å². The number of hydrogen-bond donors (Lipinski definition) is 2. The minimum atomic E-state index is -0.588. The second kappa shape index (κ2) is 8.83. The maximum atomic E-state index is 12.9. The number of fused-ring (bicyclic) bond motifs is 2. The van der Waals surface area contributed by atoms with E-state index in [9.17, 15) is 4.79 Å². The number of morpholine rings is 1. The molecule has 33 heavy (non-hydrogen) atoms. The fourth-order valence-corrected chi connectivity index (χ4v) is 4.10. The van der Waals surface area contributed by atoms with Crippen LogP contribution in [0.4, 0.5) is 0 Å². The van der Waals surface area contributed by atoms with E-state index in [1.807, 2.05) is 6.07 Å². The van der Waals surface area contributed by atoms with Gasteiger partial charge >= 0.3 is 5.97 Å². The van der Waals surface area contributed by atoms with Gasteiger partial charge in [-0.3, -0.25) is 4.90 Å². The zero-order chi connectivity index (χ0) is 22.9. The number of methoxy groups -OCH3 is 3. The van der Waals surface area contributed by atoms with Crippen LogP contribution in [-0.2, 0) is 16.0 Å². The van der Waals surface area contributed by atoms with Crippen molar-refractivity contribution in [3.8, 4) is 45.6 Å². The molecular weight excluding hydrogens is 438 g/mol. The van der Waals surface area contributed by atoms with Crippen molar-refractivity contribution in [2.75, 3.05) is 47.6 Å². The second-order valence-electron chi connectivity index (χ2n) is 7.39. The van der Waals surface area contributed by atoms with E-state index >= 15 is 0 Å². The molecule has 0 amide bonds. The van der Waals surface area contributed by atoms with E-state index in [1.54, 1.807) is 7.11 Å². The Labute approximate surface area is 189 Å². The van der Waals surface area contributed by atoms with Gasteiger partial charge in [-0.2, -0.15) is 0 Å². The highest BCUT2D eigenvalue weighted by Gasteiger charge is 2.37. The number of carbonyl (C=O) groups is 1. The number of esters is 1. The molecule has 5 rings (SSSR count). The predicted molar refractivity (Wildman–Crippen MR) is 111 cm³/mol. The molecule has 3 heterocycles. The Morgan fingerprint density at radius 2 is 1.45 bits per heavy atom. The first kappa shape index (κ1) is 21.4. The monoisotopic (exact) mass is 461 g/mol. The molecule has 3 aliphatic rings. The number of ether oxygens (including phenoxy) is 4. The van der Waals surface area contributed by atoms with E-state index in [1.165, 1.54) is 20.3 Å². The number of nitrogens with one attached hydrogen (secondary N) is 2. The Morgan fingerprint density at radius 3 is 2.06 bits per heavy atom. The summed E-state index contributed by atoms with van der Waals surface area (Å²) in [4.78, 5) is 37.2. The van der Waals surface area contributed by atoms with Gasteiger partial charge in [-0.1, -0.05) is 0 Å². The normalized spacial score (nSPS) is 16.6. The number of nitrogens with zero attached hydrogens (tertiary/aromatic N) is 1. The van der Waals surface area contributed by atoms with Gasteiger partial charge in [-0.05, 0) is 17.7 Å². The Balaban J connectivity index is 1.78. The third-order valence-electron chi connectivity index (χ3n) is 5.65. The van der Waals surface area contributed by atoms with Crippen LogP contribution in [-0.4, -0.2) is 58.5 Å². The minimum Gasteiger partial charge on any atom is -0.493 e. The number of carbonyl (C=O) groups excluding carboxylic acids is 1. The zero-order valence-corrected chi connectivity index (χ0v) is 18.3. The van der Waals surface area contributed by atoms with Gasteiger partial charge in [0.15, 0.2) is 11.5 Å². The molecule has 176 valence electrons. The summed E-state index contributed by atoms with van der Waals surface area (Å²) in [5, 5.41) is 0. The Kier molecular flexibility index (Phi) is 5.72. The molecule has 1 fully saturated rings. The van der Waals surface area contributed by atoms with Crippen molar-refractivity contribution < 1.29 is 43.1 Å². The van der Waals surface area contributed by atoms with Crippen molar-refractivity contribution in [3.05, 3.63) is 23.3 Å². The van der Waals surface area contributed by atoms with E-state index in [-0.39, 0.29) is 17.1 Å². The lowest BCUT2D eigenvalue weighted by atomic mass is 9.91. The van der Waals surface area contributed by atoms with Gasteiger partial charge in [0.1, 0.15) is 0 Å². The molecule has 0 spiro atoms. The summed E-state index contributed by atoms with van der Waals surface area (Å²) in [5.74, 6) is 1.40. The molecule has 0 aromatic heterocycles. The molecule has 0 radical (unpaired) electrons. The van der Waals surface area contributed by atoms with Crippen molar-refractivity contribution in [1.82, 2.24) is 16.2 Å². The molecule has 0 unspecified atom stereocenters. The summed E-state index contributed by atoms with van der Waals surface area (Å²) in [6.07, 6.45) is 0. The fourth-order valence-electron chi connectivity index (χ4n) is 4.10. The summed E-state index contributed by atoms with van der Waals surface area (Å²) in [6.45, 7) is 3.29. The molecule has 12 nitrogen and oxygen atoms in total. The van der Waals surface area contributed by atoms with Crippen LogP contribution in [0.2, 0.25) is 0 Å².